The Balaban J connectivity index is 2.13. The molecule has 164 valence electrons. The molecule has 1 aliphatic rings. The van der Waals surface area contributed by atoms with Gasteiger partial charge in [0.25, 0.3) is 15.8 Å². The molecule has 9 nitrogen and oxygen atoms in total. The van der Waals surface area contributed by atoms with Crippen molar-refractivity contribution in [3.8, 4) is 11.5 Å². The van der Waals surface area contributed by atoms with Gasteiger partial charge in [0.05, 0.1) is 17.6 Å². The van der Waals surface area contributed by atoms with E-state index in [4.69, 9.17) is 9.47 Å². The molecule has 0 spiro atoms. The minimum atomic E-state index is -4.03. The first-order valence-electron chi connectivity index (χ1n) is 9.40. The Morgan fingerprint density at radius 3 is 2.71 bits per heavy atom. The lowest BCUT2D eigenvalue weighted by atomic mass is 10.0. The SMILES string of the molecule is CCC(=O)C=Cc1c([N+](=O)[O-])ccc2c1O[C@H](c1cc(C)ccc1S(=O)(=O)OC)CO2. The van der Waals surface area contributed by atoms with E-state index in [9.17, 15) is 23.3 Å². The fourth-order valence-electron chi connectivity index (χ4n) is 3.15. The summed E-state index contributed by atoms with van der Waals surface area (Å²) in [6.07, 6.45) is 1.92. The number of nitrogens with zero attached hydrogens (tertiary/aromatic N) is 1. The molecule has 0 N–H and O–H groups in total. The first-order chi connectivity index (χ1) is 14.7. The number of nitro benzene ring substituents is 1. The molecule has 0 aromatic heterocycles. The standard InChI is InChI=1S/C21H21NO8S/c1-4-14(23)6-7-15-17(22(24)25)8-9-18-21(15)30-19(12-29-18)16-11-13(2)5-10-20(16)31(26,27)28-3/h5-11,19H,4,12H2,1-3H3/t19-/m0/s1. The summed E-state index contributed by atoms with van der Waals surface area (Å²) in [6.45, 7) is 3.45. The second-order valence-corrected chi connectivity index (χ2v) is 8.50. The monoisotopic (exact) mass is 447 g/mol. The Kier molecular flexibility index (Phi) is 6.42. The van der Waals surface area contributed by atoms with Crippen LogP contribution in [-0.2, 0) is 19.1 Å². The van der Waals surface area contributed by atoms with E-state index < -0.39 is 21.1 Å². The number of benzene rings is 2. The summed E-state index contributed by atoms with van der Waals surface area (Å²) in [5.74, 6) is 0.106. The highest BCUT2D eigenvalue weighted by molar-refractivity contribution is 7.86. The molecule has 0 radical (unpaired) electrons. The van der Waals surface area contributed by atoms with E-state index in [0.29, 0.717) is 5.56 Å². The highest BCUT2D eigenvalue weighted by Gasteiger charge is 2.32. The number of ether oxygens (including phenoxy) is 2. The molecule has 0 saturated carbocycles. The largest absolute Gasteiger partial charge is 0.485 e. The van der Waals surface area contributed by atoms with Crippen molar-refractivity contribution in [2.75, 3.05) is 13.7 Å². The number of fused-ring (bicyclic) bond motifs is 1. The Hall–Kier alpha value is -3.24. The predicted octanol–water partition coefficient (Wildman–Crippen LogP) is 3.74. The normalized spacial score (nSPS) is 15.8. The molecule has 0 unspecified atom stereocenters. The fourth-order valence-corrected chi connectivity index (χ4v) is 4.04. The van der Waals surface area contributed by atoms with Gasteiger partial charge in [-0.15, -0.1) is 0 Å². The van der Waals surface area contributed by atoms with Crippen molar-refractivity contribution in [2.45, 2.75) is 31.3 Å². The molecule has 1 aliphatic heterocycles. The zero-order chi connectivity index (χ0) is 22.8. The van der Waals surface area contributed by atoms with Gasteiger partial charge in [-0.05, 0) is 31.2 Å². The third kappa shape index (κ3) is 4.59. The summed E-state index contributed by atoms with van der Waals surface area (Å²) >= 11 is 0. The van der Waals surface area contributed by atoms with Gasteiger partial charge in [0.1, 0.15) is 11.5 Å². The second kappa shape index (κ2) is 8.86. The van der Waals surface area contributed by atoms with Gasteiger partial charge in [0, 0.05) is 18.1 Å². The summed E-state index contributed by atoms with van der Waals surface area (Å²) in [7, 11) is -2.97. The van der Waals surface area contributed by atoms with Crippen LogP contribution < -0.4 is 9.47 Å². The van der Waals surface area contributed by atoms with Crippen molar-refractivity contribution in [3.63, 3.8) is 0 Å². The third-order valence-corrected chi connectivity index (χ3v) is 6.12. The lowest BCUT2D eigenvalue weighted by Crippen LogP contribution is -2.24. The molecule has 0 amide bonds. The molecule has 10 heteroatoms. The van der Waals surface area contributed by atoms with Gasteiger partial charge in [0.15, 0.2) is 23.4 Å². The van der Waals surface area contributed by atoms with Crippen LogP contribution in [0.25, 0.3) is 6.08 Å². The number of rotatable bonds is 7. The van der Waals surface area contributed by atoms with Crippen molar-refractivity contribution in [2.24, 2.45) is 0 Å². The summed E-state index contributed by atoms with van der Waals surface area (Å²) in [4.78, 5) is 22.6. The van der Waals surface area contributed by atoms with E-state index >= 15 is 0 Å². The molecular formula is C21H21NO8S. The van der Waals surface area contributed by atoms with Crippen molar-refractivity contribution in [1.82, 2.24) is 0 Å². The maximum Gasteiger partial charge on any atom is 0.297 e. The smallest absolute Gasteiger partial charge is 0.297 e. The predicted molar refractivity (Wildman–Crippen MR) is 112 cm³/mol. The number of carbonyl (C=O) groups excluding carboxylic acids is 1. The number of hydrogen-bond donors (Lipinski definition) is 0. The molecule has 0 bridgehead atoms. The summed E-state index contributed by atoms with van der Waals surface area (Å²) in [6, 6.07) is 7.36. The van der Waals surface area contributed by atoms with Crippen LogP contribution in [0.3, 0.4) is 0 Å². The molecule has 1 heterocycles. The van der Waals surface area contributed by atoms with E-state index in [1.54, 1.807) is 26.0 Å². The van der Waals surface area contributed by atoms with Gasteiger partial charge in [-0.1, -0.05) is 24.6 Å². The number of ketones is 1. The minimum absolute atomic E-state index is 0.0163. The van der Waals surface area contributed by atoms with Crippen LogP contribution in [0, 0.1) is 17.0 Å². The highest BCUT2D eigenvalue weighted by Crippen LogP contribution is 2.44. The van der Waals surface area contributed by atoms with Crippen molar-refractivity contribution in [1.29, 1.82) is 0 Å². The van der Waals surface area contributed by atoms with E-state index in [-0.39, 0.29) is 46.5 Å². The maximum atomic E-state index is 12.4. The number of allylic oxidation sites excluding steroid dienone is 1. The molecule has 1 atom stereocenters. The molecule has 0 fully saturated rings. The number of aryl methyl sites for hydroxylation is 1. The second-order valence-electron chi connectivity index (χ2n) is 6.82. The van der Waals surface area contributed by atoms with Gasteiger partial charge < -0.3 is 9.47 Å². The molecule has 0 saturated heterocycles. The Labute approximate surface area is 179 Å². The first-order valence-corrected chi connectivity index (χ1v) is 10.8. The lowest BCUT2D eigenvalue weighted by molar-refractivity contribution is -0.385. The van der Waals surface area contributed by atoms with E-state index in [2.05, 4.69) is 4.18 Å². The van der Waals surface area contributed by atoms with Gasteiger partial charge in [-0.2, -0.15) is 8.42 Å². The van der Waals surface area contributed by atoms with Crippen molar-refractivity contribution in [3.05, 3.63) is 63.2 Å². The molecule has 0 aliphatic carbocycles. The number of hydrogen-bond acceptors (Lipinski definition) is 8. The van der Waals surface area contributed by atoms with E-state index in [1.165, 1.54) is 30.4 Å². The quantitative estimate of drug-likeness (QED) is 0.272. The van der Waals surface area contributed by atoms with Crippen LogP contribution in [0.2, 0.25) is 0 Å². The van der Waals surface area contributed by atoms with Crippen LogP contribution in [0.1, 0.15) is 36.1 Å². The van der Waals surface area contributed by atoms with Crippen LogP contribution in [0.5, 0.6) is 11.5 Å². The van der Waals surface area contributed by atoms with Crippen LogP contribution in [0.15, 0.2) is 41.3 Å². The molecular weight excluding hydrogens is 426 g/mol. The zero-order valence-corrected chi connectivity index (χ0v) is 18.0. The molecule has 3 rings (SSSR count). The average Bonchev–Trinajstić information content (AvgIpc) is 2.76. The van der Waals surface area contributed by atoms with Crippen LogP contribution in [0.4, 0.5) is 5.69 Å². The molecule has 2 aromatic carbocycles. The number of carbonyl (C=O) groups is 1. The lowest BCUT2D eigenvalue weighted by Gasteiger charge is -2.29. The minimum Gasteiger partial charge on any atom is -0.485 e. The van der Waals surface area contributed by atoms with Crippen molar-refractivity contribution < 1.29 is 31.8 Å². The average molecular weight is 447 g/mol. The topological polar surface area (TPSA) is 122 Å². The first kappa shape index (κ1) is 22.4. The summed E-state index contributed by atoms with van der Waals surface area (Å²) < 4.78 is 41.2. The number of nitro groups is 1. The van der Waals surface area contributed by atoms with Gasteiger partial charge >= 0.3 is 0 Å². The third-order valence-electron chi connectivity index (χ3n) is 4.77. The van der Waals surface area contributed by atoms with Gasteiger partial charge in [0.2, 0.25) is 0 Å². The Bertz CT molecular complexity index is 1170. The fraction of sp³-hybridized carbons (Fsp3) is 0.286. The molecule has 31 heavy (non-hydrogen) atoms. The maximum absolute atomic E-state index is 12.4. The summed E-state index contributed by atoms with van der Waals surface area (Å²) in [5.41, 5.74) is 0.889. The van der Waals surface area contributed by atoms with Gasteiger partial charge in [-0.25, -0.2) is 0 Å². The zero-order valence-electron chi connectivity index (χ0n) is 17.2. The van der Waals surface area contributed by atoms with Gasteiger partial charge in [-0.3, -0.25) is 19.1 Å². The Morgan fingerprint density at radius 1 is 1.32 bits per heavy atom. The van der Waals surface area contributed by atoms with E-state index in [1.807, 2.05) is 0 Å². The van der Waals surface area contributed by atoms with E-state index in [0.717, 1.165) is 12.7 Å². The Morgan fingerprint density at radius 2 is 2.06 bits per heavy atom. The van der Waals surface area contributed by atoms with Crippen molar-refractivity contribution >= 4 is 27.7 Å². The summed E-state index contributed by atoms with van der Waals surface area (Å²) in [5, 5.41) is 11.5. The van der Waals surface area contributed by atoms with Crippen LogP contribution in [-0.4, -0.2) is 32.8 Å². The highest BCUT2D eigenvalue weighted by atomic mass is 32.2. The molecule has 2 aromatic rings. The van der Waals surface area contributed by atoms with Crippen LogP contribution >= 0.6 is 0 Å².